The minimum atomic E-state index is -0.740. The molecule has 0 saturated carbocycles. The van der Waals surface area contributed by atoms with Gasteiger partial charge in [-0.2, -0.15) is 0 Å². The summed E-state index contributed by atoms with van der Waals surface area (Å²) in [6.07, 6.45) is 3.47. The maximum Gasteiger partial charge on any atom is 0.317 e. The zero-order chi connectivity index (χ0) is 13.9. The zero-order valence-corrected chi connectivity index (χ0v) is 11.9. The number of H-pyrrole nitrogens is 1. The molecular weight excluding hydrogens is 264 g/mol. The largest absolute Gasteiger partial charge is 0.468 e. The highest BCUT2D eigenvalue weighted by molar-refractivity contribution is 7.13. The molecule has 0 unspecified atom stereocenters. The summed E-state index contributed by atoms with van der Waals surface area (Å²) in [6.45, 7) is 4.16. The van der Waals surface area contributed by atoms with Crippen molar-refractivity contribution in [2.75, 3.05) is 12.4 Å². The van der Waals surface area contributed by atoms with E-state index in [0.29, 0.717) is 12.2 Å². The van der Waals surface area contributed by atoms with Crippen molar-refractivity contribution in [3.63, 3.8) is 0 Å². The standard InChI is InChI=1S/C12H16N4O2S/c1-12(2,10(17)18-3)8-7-19-11(16-8)15-6-9-13-4-5-14-9/h4-5,7H,6H2,1-3H3,(H,13,14)(H,15,16). The molecule has 7 heteroatoms. The molecule has 0 spiro atoms. The number of rotatable bonds is 5. The molecule has 0 amide bonds. The van der Waals surface area contributed by atoms with Crippen LogP contribution >= 0.6 is 11.3 Å². The normalized spacial score (nSPS) is 11.3. The van der Waals surface area contributed by atoms with Crippen molar-refractivity contribution >= 4 is 22.4 Å². The number of imidazole rings is 1. The lowest BCUT2D eigenvalue weighted by Gasteiger charge is -2.18. The number of ether oxygens (including phenoxy) is 1. The second-order valence-electron chi connectivity index (χ2n) is 4.54. The number of carbonyl (C=O) groups excluding carboxylic acids is 1. The van der Waals surface area contributed by atoms with E-state index in [0.717, 1.165) is 11.0 Å². The molecule has 0 aliphatic rings. The topological polar surface area (TPSA) is 79.9 Å². The van der Waals surface area contributed by atoms with E-state index in [-0.39, 0.29) is 5.97 Å². The fourth-order valence-electron chi connectivity index (χ4n) is 1.56. The van der Waals surface area contributed by atoms with E-state index in [2.05, 4.69) is 20.3 Å². The number of aromatic nitrogens is 3. The van der Waals surface area contributed by atoms with Gasteiger partial charge in [0.15, 0.2) is 5.13 Å². The van der Waals surface area contributed by atoms with Gasteiger partial charge in [-0.1, -0.05) is 0 Å². The fourth-order valence-corrected chi connectivity index (χ4v) is 2.43. The molecule has 2 N–H and O–H groups in total. The van der Waals surface area contributed by atoms with Gasteiger partial charge < -0.3 is 15.0 Å². The van der Waals surface area contributed by atoms with Gasteiger partial charge in [0.2, 0.25) is 0 Å². The second kappa shape index (κ2) is 5.40. The van der Waals surface area contributed by atoms with Gasteiger partial charge in [0.25, 0.3) is 0 Å². The Labute approximate surface area is 115 Å². The van der Waals surface area contributed by atoms with Gasteiger partial charge >= 0.3 is 5.97 Å². The van der Waals surface area contributed by atoms with E-state index in [4.69, 9.17) is 4.74 Å². The average molecular weight is 280 g/mol. The molecule has 102 valence electrons. The molecular formula is C12H16N4O2S. The van der Waals surface area contributed by atoms with Crippen LogP contribution in [0.15, 0.2) is 17.8 Å². The highest BCUT2D eigenvalue weighted by Gasteiger charge is 2.33. The lowest BCUT2D eigenvalue weighted by molar-refractivity contribution is -0.146. The summed E-state index contributed by atoms with van der Waals surface area (Å²) in [7, 11) is 1.38. The quantitative estimate of drug-likeness (QED) is 0.818. The molecule has 0 aromatic carbocycles. The summed E-state index contributed by atoms with van der Waals surface area (Å²) in [5.74, 6) is 0.541. The van der Waals surface area contributed by atoms with Gasteiger partial charge in [0, 0.05) is 17.8 Å². The SMILES string of the molecule is COC(=O)C(C)(C)c1csc(NCc2ncc[nH]2)n1. The molecule has 0 radical (unpaired) electrons. The Morgan fingerprint density at radius 2 is 2.37 bits per heavy atom. The molecule has 0 atom stereocenters. The number of hydrogen-bond donors (Lipinski definition) is 2. The molecule has 19 heavy (non-hydrogen) atoms. The maximum absolute atomic E-state index is 11.7. The summed E-state index contributed by atoms with van der Waals surface area (Å²) in [6, 6.07) is 0. The van der Waals surface area contributed by atoms with E-state index < -0.39 is 5.41 Å². The molecule has 0 aliphatic carbocycles. The van der Waals surface area contributed by atoms with Crippen molar-refractivity contribution in [1.82, 2.24) is 15.0 Å². The summed E-state index contributed by atoms with van der Waals surface area (Å²) in [5, 5.41) is 5.77. The first kappa shape index (κ1) is 13.5. The Bertz CT molecular complexity index is 548. The Morgan fingerprint density at radius 3 is 3.00 bits per heavy atom. The fraction of sp³-hybridized carbons (Fsp3) is 0.417. The Balaban J connectivity index is 2.04. The third-order valence-corrected chi connectivity index (χ3v) is 3.60. The minimum absolute atomic E-state index is 0.296. The van der Waals surface area contributed by atoms with E-state index in [1.807, 2.05) is 5.38 Å². The maximum atomic E-state index is 11.7. The van der Waals surface area contributed by atoms with Crippen LogP contribution < -0.4 is 5.32 Å². The Hall–Kier alpha value is -1.89. The highest BCUT2D eigenvalue weighted by Crippen LogP contribution is 2.28. The van der Waals surface area contributed by atoms with E-state index in [1.54, 1.807) is 26.2 Å². The molecule has 0 aliphatic heterocycles. The van der Waals surface area contributed by atoms with Gasteiger partial charge in [-0.3, -0.25) is 4.79 Å². The zero-order valence-electron chi connectivity index (χ0n) is 11.1. The van der Waals surface area contributed by atoms with Crippen LogP contribution in [0, 0.1) is 0 Å². The number of esters is 1. The lowest BCUT2D eigenvalue weighted by atomic mass is 9.90. The van der Waals surface area contributed by atoms with Crippen LogP contribution in [0.3, 0.4) is 0 Å². The van der Waals surface area contributed by atoms with Gasteiger partial charge in [0.1, 0.15) is 11.2 Å². The van der Waals surface area contributed by atoms with Crippen molar-refractivity contribution in [3.05, 3.63) is 29.3 Å². The summed E-state index contributed by atoms with van der Waals surface area (Å²) in [4.78, 5) is 23.2. The molecule has 2 aromatic rings. The van der Waals surface area contributed by atoms with Crippen LogP contribution in [0.4, 0.5) is 5.13 Å². The van der Waals surface area contributed by atoms with Gasteiger partial charge in [-0.15, -0.1) is 11.3 Å². The van der Waals surface area contributed by atoms with Crippen LogP contribution in [-0.4, -0.2) is 28.0 Å². The summed E-state index contributed by atoms with van der Waals surface area (Å²) >= 11 is 1.45. The first-order valence-corrected chi connectivity index (χ1v) is 6.68. The smallest absolute Gasteiger partial charge is 0.317 e. The van der Waals surface area contributed by atoms with Crippen LogP contribution in [0.2, 0.25) is 0 Å². The number of carbonyl (C=O) groups is 1. The minimum Gasteiger partial charge on any atom is -0.468 e. The Morgan fingerprint density at radius 1 is 1.58 bits per heavy atom. The van der Waals surface area contributed by atoms with Gasteiger partial charge in [-0.25, -0.2) is 9.97 Å². The number of hydrogen-bond acceptors (Lipinski definition) is 6. The van der Waals surface area contributed by atoms with E-state index in [9.17, 15) is 4.79 Å². The van der Waals surface area contributed by atoms with Crippen molar-refractivity contribution in [2.24, 2.45) is 0 Å². The van der Waals surface area contributed by atoms with Crippen LogP contribution in [-0.2, 0) is 21.5 Å². The van der Waals surface area contributed by atoms with Gasteiger partial charge in [-0.05, 0) is 13.8 Å². The number of anilines is 1. The molecule has 2 rings (SSSR count). The molecule has 6 nitrogen and oxygen atoms in total. The number of aromatic amines is 1. The molecule has 0 saturated heterocycles. The molecule has 2 heterocycles. The van der Waals surface area contributed by atoms with Crippen molar-refractivity contribution < 1.29 is 9.53 Å². The van der Waals surface area contributed by atoms with Crippen molar-refractivity contribution in [2.45, 2.75) is 25.8 Å². The van der Waals surface area contributed by atoms with E-state index >= 15 is 0 Å². The highest BCUT2D eigenvalue weighted by atomic mass is 32.1. The third-order valence-electron chi connectivity index (χ3n) is 2.80. The summed E-state index contributed by atoms with van der Waals surface area (Å²) in [5.41, 5.74) is -0.0399. The number of thiazole rings is 1. The number of nitrogens with one attached hydrogen (secondary N) is 2. The first-order chi connectivity index (χ1) is 9.04. The predicted octanol–water partition coefficient (Wildman–Crippen LogP) is 1.93. The monoisotopic (exact) mass is 280 g/mol. The summed E-state index contributed by atoms with van der Waals surface area (Å²) < 4.78 is 4.79. The predicted molar refractivity (Wildman–Crippen MR) is 73.1 cm³/mol. The van der Waals surface area contributed by atoms with E-state index in [1.165, 1.54) is 18.4 Å². The lowest BCUT2D eigenvalue weighted by Crippen LogP contribution is -2.30. The van der Waals surface area contributed by atoms with Crippen molar-refractivity contribution in [3.8, 4) is 0 Å². The Kier molecular flexibility index (Phi) is 3.84. The van der Waals surface area contributed by atoms with Crippen molar-refractivity contribution in [1.29, 1.82) is 0 Å². The third kappa shape index (κ3) is 2.93. The first-order valence-electron chi connectivity index (χ1n) is 5.80. The number of nitrogens with zero attached hydrogens (tertiary/aromatic N) is 2. The molecule has 0 fully saturated rings. The van der Waals surface area contributed by atoms with Gasteiger partial charge in [0.05, 0.1) is 19.3 Å². The molecule has 0 bridgehead atoms. The van der Waals surface area contributed by atoms with Crippen LogP contribution in [0.25, 0.3) is 0 Å². The van der Waals surface area contributed by atoms with Crippen LogP contribution in [0.5, 0.6) is 0 Å². The average Bonchev–Trinajstić information content (AvgIpc) is 3.06. The van der Waals surface area contributed by atoms with Crippen LogP contribution in [0.1, 0.15) is 25.4 Å². The molecule has 2 aromatic heterocycles. The second-order valence-corrected chi connectivity index (χ2v) is 5.40. The number of methoxy groups -OCH3 is 1.